The van der Waals surface area contributed by atoms with Crippen LogP contribution in [-0.4, -0.2) is 33.9 Å². The van der Waals surface area contributed by atoms with Crippen molar-refractivity contribution in [1.29, 1.82) is 0 Å². The van der Waals surface area contributed by atoms with Crippen LogP contribution in [0.2, 0.25) is 5.02 Å². The average molecular weight is 483 g/mol. The maximum Gasteiger partial charge on any atom is 0.256 e. The van der Waals surface area contributed by atoms with Crippen molar-refractivity contribution in [1.82, 2.24) is 14.9 Å². The SMILES string of the molecule is Cc1c(C(=O)N2CCCC2c2cccnc2)cnc2c1N(Cc1c(F)ccc(F)c1Cl)CCC2. The minimum absolute atomic E-state index is 0.0204. The predicted octanol–water partition coefficient (Wildman–Crippen LogP) is 5.65. The summed E-state index contributed by atoms with van der Waals surface area (Å²) >= 11 is 6.10. The van der Waals surface area contributed by atoms with E-state index in [0.29, 0.717) is 18.7 Å². The van der Waals surface area contributed by atoms with E-state index in [2.05, 4.69) is 9.97 Å². The number of amides is 1. The number of anilines is 1. The number of hydrogen-bond donors (Lipinski definition) is 0. The molecule has 2 aliphatic rings. The minimum atomic E-state index is -0.649. The number of hydrogen-bond acceptors (Lipinski definition) is 4. The van der Waals surface area contributed by atoms with Gasteiger partial charge in [0.15, 0.2) is 0 Å². The Balaban J connectivity index is 1.49. The van der Waals surface area contributed by atoms with Crippen molar-refractivity contribution in [2.75, 3.05) is 18.0 Å². The summed E-state index contributed by atoms with van der Waals surface area (Å²) in [7, 11) is 0. The number of likely N-dealkylation sites (tertiary alicyclic amines) is 1. The highest BCUT2D eigenvalue weighted by molar-refractivity contribution is 6.31. The lowest BCUT2D eigenvalue weighted by Gasteiger charge is -2.34. The van der Waals surface area contributed by atoms with Gasteiger partial charge in [-0.2, -0.15) is 0 Å². The van der Waals surface area contributed by atoms with E-state index in [1.807, 2.05) is 35.1 Å². The third kappa shape index (κ3) is 4.02. The van der Waals surface area contributed by atoms with E-state index in [9.17, 15) is 13.6 Å². The molecular weight excluding hydrogens is 458 g/mol. The van der Waals surface area contributed by atoms with E-state index in [1.165, 1.54) is 0 Å². The highest BCUT2D eigenvalue weighted by Gasteiger charge is 2.33. The number of nitrogens with zero attached hydrogens (tertiary/aromatic N) is 4. The number of fused-ring (bicyclic) bond motifs is 1. The van der Waals surface area contributed by atoms with E-state index in [1.54, 1.807) is 12.4 Å². The van der Waals surface area contributed by atoms with Gasteiger partial charge in [0.25, 0.3) is 5.91 Å². The zero-order valence-electron chi connectivity index (χ0n) is 18.9. The summed E-state index contributed by atoms with van der Waals surface area (Å²) in [5.74, 6) is -1.27. The molecule has 1 unspecified atom stereocenters. The van der Waals surface area contributed by atoms with Gasteiger partial charge in [-0.25, -0.2) is 8.78 Å². The Bertz CT molecular complexity index is 1240. The third-order valence-corrected chi connectivity index (χ3v) is 7.25. The summed E-state index contributed by atoms with van der Waals surface area (Å²) < 4.78 is 28.5. The van der Waals surface area contributed by atoms with Crippen LogP contribution in [0.1, 0.15) is 58.0 Å². The Morgan fingerprint density at radius 1 is 1.15 bits per heavy atom. The van der Waals surface area contributed by atoms with Gasteiger partial charge in [0.1, 0.15) is 11.6 Å². The topological polar surface area (TPSA) is 49.3 Å². The number of aryl methyl sites for hydroxylation is 1. The van der Waals surface area contributed by atoms with Gasteiger partial charge in [-0.05, 0) is 61.9 Å². The Hall–Kier alpha value is -3.06. The molecule has 0 bridgehead atoms. The zero-order chi connectivity index (χ0) is 23.8. The maximum atomic E-state index is 14.5. The Labute approximate surface area is 202 Å². The molecule has 1 fully saturated rings. The van der Waals surface area contributed by atoms with Crippen molar-refractivity contribution in [3.05, 3.63) is 87.5 Å². The molecule has 4 heterocycles. The fourth-order valence-electron chi connectivity index (χ4n) is 5.16. The molecule has 8 heteroatoms. The predicted molar refractivity (Wildman–Crippen MR) is 127 cm³/mol. The molecule has 5 rings (SSSR count). The first-order valence-electron chi connectivity index (χ1n) is 11.5. The highest BCUT2D eigenvalue weighted by Crippen LogP contribution is 2.37. The van der Waals surface area contributed by atoms with Crippen LogP contribution in [0.25, 0.3) is 0 Å². The molecule has 1 atom stereocenters. The standard InChI is InChI=1S/C26H25ClF2N4O/c1-16-18(26(34)33-12-4-7-23(33)17-5-2-10-30-13-17)14-31-22-6-3-11-32(25(16)22)15-19-20(28)8-9-21(29)24(19)27/h2,5,8-10,13-14,23H,3-4,6-7,11-12,15H2,1H3. The first-order chi connectivity index (χ1) is 16.5. The smallest absolute Gasteiger partial charge is 0.256 e. The fourth-order valence-corrected chi connectivity index (χ4v) is 5.37. The number of aromatic nitrogens is 2. The first kappa shape index (κ1) is 22.7. The van der Waals surface area contributed by atoms with Gasteiger partial charge in [-0.15, -0.1) is 0 Å². The summed E-state index contributed by atoms with van der Waals surface area (Å²) in [4.78, 5) is 26.4. The van der Waals surface area contributed by atoms with Crippen LogP contribution >= 0.6 is 11.6 Å². The van der Waals surface area contributed by atoms with Gasteiger partial charge in [0.05, 0.1) is 28.0 Å². The molecule has 1 aromatic carbocycles. The average Bonchev–Trinajstić information content (AvgIpc) is 3.35. The Morgan fingerprint density at radius 2 is 1.97 bits per heavy atom. The van der Waals surface area contributed by atoms with Gasteiger partial charge in [0, 0.05) is 43.8 Å². The molecule has 176 valence electrons. The van der Waals surface area contributed by atoms with Gasteiger partial charge < -0.3 is 9.80 Å². The normalized spacial score (nSPS) is 17.7. The van der Waals surface area contributed by atoms with Crippen LogP contribution in [0.15, 0.2) is 42.9 Å². The van der Waals surface area contributed by atoms with Crippen LogP contribution in [0.3, 0.4) is 0 Å². The van der Waals surface area contributed by atoms with Crippen molar-refractivity contribution in [3.63, 3.8) is 0 Å². The monoisotopic (exact) mass is 482 g/mol. The summed E-state index contributed by atoms with van der Waals surface area (Å²) in [5.41, 5.74) is 4.15. The van der Waals surface area contributed by atoms with Crippen molar-refractivity contribution in [2.45, 2.75) is 45.2 Å². The molecule has 5 nitrogen and oxygen atoms in total. The van der Waals surface area contributed by atoms with Gasteiger partial charge in [-0.1, -0.05) is 17.7 Å². The van der Waals surface area contributed by atoms with Crippen LogP contribution < -0.4 is 4.90 Å². The largest absolute Gasteiger partial charge is 0.365 e. The van der Waals surface area contributed by atoms with Crippen molar-refractivity contribution < 1.29 is 13.6 Å². The minimum Gasteiger partial charge on any atom is -0.365 e. The van der Waals surface area contributed by atoms with Crippen LogP contribution in [0.5, 0.6) is 0 Å². The molecule has 0 saturated carbocycles. The van der Waals surface area contributed by atoms with Crippen LogP contribution in [0.4, 0.5) is 14.5 Å². The van der Waals surface area contributed by atoms with Gasteiger partial charge in [0.2, 0.25) is 0 Å². The number of benzene rings is 1. The third-order valence-electron chi connectivity index (χ3n) is 6.84. The van der Waals surface area contributed by atoms with Crippen molar-refractivity contribution in [2.24, 2.45) is 0 Å². The Kier molecular flexibility index (Phi) is 6.21. The second kappa shape index (κ2) is 9.29. The summed E-state index contributed by atoms with van der Waals surface area (Å²) in [6.07, 6.45) is 8.61. The second-order valence-corrected chi connectivity index (χ2v) is 9.26. The molecule has 0 spiro atoms. The molecule has 34 heavy (non-hydrogen) atoms. The summed E-state index contributed by atoms with van der Waals surface area (Å²) in [5, 5.41) is -0.207. The lowest BCUT2D eigenvalue weighted by atomic mass is 9.98. The molecule has 0 radical (unpaired) electrons. The zero-order valence-corrected chi connectivity index (χ0v) is 19.7. The lowest BCUT2D eigenvalue weighted by Crippen LogP contribution is -2.34. The van der Waals surface area contributed by atoms with Gasteiger partial charge in [-0.3, -0.25) is 14.8 Å². The molecule has 3 aromatic rings. The van der Waals surface area contributed by atoms with E-state index in [0.717, 1.165) is 60.3 Å². The molecule has 2 aromatic heterocycles. The lowest BCUT2D eigenvalue weighted by molar-refractivity contribution is 0.0734. The van der Waals surface area contributed by atoms with Crippen LogP contribution in [-0.2, 0) is 13.0 Å². The number of carbonyl (C=O) groups excluding carboxylic acids is 1. The molecule has 1 amide bonds. The number of carbonyl (C=O) groups is 1. The fraction of sp³-hybridized carbons (Fsp3) is 0.346. The molecule has 2 aliphatic heterocycles. The molecule has 1 saturated heterocycles. The molecular formula is C26H25ClF2N4O. The number of pyridine rings is 2. The highest BCUT2D eigenvalue weighted by atomic mass is 35.5. The van der Waals surface area contributed by atoms with E-state index in [-0.39, 0.29) is 29.1 Å². The first-order valence-corrected chi connectivity index (χ1v) is 11.9. The van der Waals surface area contributed by atoms with E-state index in [4.69, 9.17) is 11.6 Å². The molecule has 0 N–H and O–H groups in total. The quantitative estimate of drug-likeness (QED) is 0.451. The van der Waals surface area contributed by atoms with Crippen LogP contribution in [0, 0.1) is 18.6 Å². The number of halogens is 3. The maximum absolute atomic E-state index is 14.5. The van der Waals surface area contributed by atoms with Gasteiger partial charge >= 0.3 is 0 Å². The van der Waals surface area contributed by atoms with E-state index < -0.39 is 11.6 Å². The van der Waals surface area contributed by atoms with Crippen molar-refractivity contribution >= 4 is 23.2 Å². The van der Waals surface area contributed by atoms with E-state index >= 15 is 0 Å². The summed E-state index contributed by atoms with van der Waals surface area (Å²) in [6, 6.07) is 5.99. The number of rotatable bonds is 4. The summed E-state index contributed by atoms with van der Waals surface area (Å²) in [6.45, 7) is 3.33. The Morgan fingerprint density at radius 3 is 2.76 bits per heavy atom. The molecule has 0 aliphatic carbocycles. The second-order valence-electron chi connectivity index (χ2n) is 8.88. The van der Waals surface area contributed by atoms with Crippen molar-refractivity contribution in [3.8, 4) is 0 Å².